The van der Waals surface area contributed by atoms with Gasteiger partial charge in [0.25, 0.3) is 5.69 Å². The van der Waals surface area contributed by atoms with Crippen molar-refractivity contribution in [3.63, 3.8) is 0 Å². The van der Waals surface area contributed by atoms with Crippen molar-refractivity contribution < 1.29 is 23.6 Å². The van der Waals surface area contributed by atoms with Crippen LogP contribution in [0.2, 0.25) is 0 Å². The zero-order valence-corrected chi connectivity index (χ0v) is 11.4. The molecule has 124 valence electrons. The highest BCUT2D eigenvalue weighted by atomic mass is 19.1. The van der Waals surface area contributed by atoms with Crippen LogP contribution in [0, 0.1) is 42.0 Å². The molecule has 0 aliphatic rings. The average molecular weight is 340 g/mol. The molecule has 10 nitrogen and oxygen atoms in total. The molecule has 0 spiro atoms. The second-order valence-electron chi connectivity index (χ2n) is 4.41. The molecule has 0 aromatic heterocycles. The molecule has 0 aliphatic heterocycles. The lowest BCUT2D eigenvalue weighted by atomic mass is 10.2. The SMILES string of the molecule is O=[N+]([O-])c1cc([N+](=O)[O-])c(Nc2cc(F)cc(F)c2)c([N+](=O)[O-])c1. The van der Waals surface area contributed by atoms with E-state index in [1.165, 1.54) is 0 Å². The first-order valence-electron chi connectivity index (χ1n) is 6.03. The zero-order chi connectivity index (χ0) is 18.0. The van der Waals surface area contributed by atoms with Gasteiger partial charge in [0.1, 0.15) is 11.6 Å². The lowest BCUT2D eigenvalue weighted by Crippen LogP contribution is -2.04. The van der Waals surface area contributed by atoms with Crippen molar-refractivity contribution in [2.45, 2.75) is 0 Å². The number of nitro groups is 3. The van der Waals surface area contributed by atoms with Gasteiger partial charge in [0.2, 0.25) is 0 Å². The smallest absolute Gasteiger partial charge is 0.306 e. The molecule has 2 aromatic rings. The van der Waals surface area contributed by atoms with Gasteiger partial charge in [0, 0.05) is 11.8 Å². The molecular formula is C12H6F2N4O6. The van der Waals surface area contributed by atoms with Crippen LogP contribution in [0.1, 0.15) is 0 Å². The fraction of sp³-hybridized carbons (Fsp3) is 0. The largest absolute Gasteiger partial charge is 0.344 e. The van der Waals surface area contributed by atoms with Gasteiger partial charge >= 0.3 is 11.4 Å². The highest BCUT2D eigenvalue weighted by Crippen LogP contribution is 2.40. The van der Waals surface area contributed by atoms with E-state index in [1.54, 1.807) is 0 Å². The van der Waals surface area contributed by atoms with Gasteiger partial charge in [0.05, 0.1) is 26.9 Å². The average Bonchev–Trinajstić information content (AvgIpc) is 2.45. The third-order valence-electron chi connectivity index (χ3n) is 2.82. The van der Waals surface area contributed by atoms with Gasteiger partial charge in [-0.1, -0.05) is 0 Å². The molecule has 0 saturated heterocycles. The monoisotopic (exact) mass is 340 g/mol. The maximum Gasteiger partial charge on any atom is 0.306 e. The normalized spacial score (nSPS) is 10.2. The quantitative estimate of drug-likeness (QED) is 0.649. The predicted octanol–water partition coefficient (Wildman–Crippen LogP) is 3.43. The summed E-state index contributed by atoms with van der Waals surface area (Å²) in [6, 6.07) is 3.04. The Morgan fingerprint density at radius 2 is 1.21 bits per heavy atom. The minimum Gasteiger partial charge on any atom is -0.344 e. The summed E-state index contributed by atoms with van der Waals surface area (Å²) in [5.41, 5.74) is -3.92. The highest BCUT2D eigenvalue weighted by Gasteiger charge is 2.30. The summed E-state index contributed by atoms with van der Waals surface area (Å²) in [4.78, 5) is 29.7. The second kappa shape index (κ2) is 6.20. The van der Waals surface area contributed by atoms with Crippen LogP contribution in [0.5, 0.6) is 0 Å². The molecule has 0 aliphatic carbocycles. The summed E-state index contributed by atoms with van der Waals surface area (Å²) in [7, 11) is 0. The lowest BCUT2D eigenvalue weighted by Gasteiger charge is -2.08. The minimum atomic E-state index is -1.09. The van der Waals surface area contributed by atoms with Crippen molar-refractivity contribution in [3.05, 3.63) is 72.3 Å². The van der Waals surface area contributed by atoms with E-state index in [2.05, 4.69) is 5.32 Å². The number of hydrogen-bond acceptors (Lipinski definition) is 7. The molecule has 0 fully saturated rings. The molecule has 12 heteroatoms. The fourth-order valence-corrected chi connectivity index (χ4v) is 1.89. The number of halogens is 2. The predicted molar refractivity (Wildman–Crippen MR) is 76.0 cm³/mol. The highest BCUT2D eigenvalue weighted by molar-refractivity contribution is 5.81. The Hall–Kier alpha value is -3.70. The van der Waals surface area contributed by atoms with Crippen LogP contribution in [0.25, 0.3) is 0 Å². The molecule has 0 bridgehead atoms. The van der Waals surface area contributed by atoms with Gasteiger partial charge in [-0.05, 0) is 12.1 Å². The summed E-state index contributed by atoms with van der Waals surface area (Å²) in [6.45, 7) is 0. The van der Waals surface area contributed by atoms with E-state index >= 15 is 0 Å². The van der Waals surface area contributed by atoms with Gasteiger partial charge in [-0.2, -0.15) is 0 Å². The molecule has 0 atom stereocenters. The summed E-state index contributed by atoms with van der Waals surface area (Å²) in [5, 5.41) is 35.1. The Balaban J connectivity index is 2.68. The molecule has 1 N–H and O–H groups in total. The third-order valence-corrected chi connectivity index (χ3v) is 2.82. The van der Waals surface area contributed by atoms with Gasteiger partial charge in [-0.3, -0.25) is 30.3 Å². The van der Waals surface area contributed by atoms with Gasteiger partial charge in [-0.25, -0.2) is 8.78 Å². The van der Waals surface area contributed by atoms with Gasteiger partial charge in [0.15, 0.2) is 5.69 Å². The Morgan fingerprint density at radius 1 is 0.750 bits per heavy atom. The maximum absolute atomic E-state index is 13.2. The molecule has 0 radical (unpaired) electrons. The minimum absolute atomic E-state index is 0.340. The number of nitrogens with zero attached hydrogens (tertiary/aromatic N) is 3. The number of nitrogens with one attached hydrogen (secondary N) is 1. The van der Waals surface area contributed by atoms with Crippen molar-refractivity contribution in [3.8, 4) is 0 Å². The van der Waals surface area contributed by atoms with Crippen LogP contribution in [0.3, 0.4) is 0 Å². The van der Waals surface area contributed by atoms with E-state index in [0.717, 1.165) is 12.1 Å². The lowest BCUT2D eigenvalue weighted by molar-refractivity contribution is -0.401. The van der Waals surface area contributed by atoms with Crippen molar-refractivity contribution in [2.24, 2.45) is 0 Å². The molecule has 0 unspecified atom stereocenters. The first-order valence-corrected chi connectivity index (χ1v) is 6.03. The van der Waals surface area contributed by atoms with Crippen molar-refractivity contribution >= 4 is 28.4 Å². The Labute approximate surface area is 130 Å². The standard InChI is InChI=1S/C12H6F2N4O6/c13-6-1-7(14)3-8(2-6)15-12-10(17(21)22)4-9(16(19)20)5-11(12)18(23)24/h1-5,15H. The van der Waals surface area contributed by atoms with Gasteiger partial charge < -0.3 is 5.32 Å². The van der Waals surface area contributed by atoms with Crippen LogP contribution in [0.15, 0.2) is 30.3 Å². The van der Waals surface area contributed by atoms with E-state index in [-0.39, 0.29) is 5.69 Å². The summed E-state index contributed by atoms with van der Waals surface area (Å²) in [5.74, 6) is -2.05. The second-order valence-corrected chi connectivity index (χ2v) is 4.41. The molecule has 0 amide bonds. The first kappa shape index (κ1) is 16.7. The van der Waals surface area contributed by atoms with Gasteiger partial charge in [-0.15, -0.1) is 0 Å². The number of hydrogen-bond donors (Lipinski definition) is 1. The summed E-state index contributed by atoms with van der Waals surface area (Å²) < 4.78 is 26.4. The fourth-order valence-electron chi connectivity index (χ4n) is 1.89. The Morgan fingerprint density at radius 3 is 1.58 bits per heavy atom. The van der Waals surface area contributed by atoms with Crippen molar-refractivity contribution in [2.75, 3.05) is 5.32 Å². The molecule has 2 rings (SSSR count). The first-order chi connectivity index (χ1) is 11.2. The molecule has 2 aromatic carbocycles. The van der Waals surface area contributed by atoms with E-state index < -0.39 is 49.2 Å². The Kier molecular flexibility index (Phi) is 4.30. The Bertz CT molecular complexity index is 817. The van der Waals surface area contributed by atoms with Crippen LogP contribution in [-0.2, 0) is 0 Å². The van der Waals surface area contributed by atoms with Crippen LogP contribution in [-0.4, -0.2) is 14.8 Å². The maximum atomic E-state index is 13.2. The van der Waals surface area contributed by atoms with E-state index in [9.17, 15) is 39.1 Å². The summed E-state index contributed by atoms with van der Waals surface area (Å²) in [6.07, 6.45) is 0. The summed E-state index contributed by atoms with van der Waals surface area (Å²) >= 11 is 0. The molecular weight excluding hydrogens is 334 g/mol. The number of non-ortho nitro benzene ring substituents is 1. The number of rotatable bonds is 5. The molecule has 0 heterocycles. The van der Waals surface area contributed by atoms with Crippen LogP contribution >= 0.6 is 0 Å². The van der Waals surface area contributed by atoms with E-state index in [0.29, 0.717) is 18.2 Å². The van der Waals surface area contributed by atoms with Crippen LogP contribution in [0.4, 0.5) is 37.2 Å². The zero-order valence-electron chi connectivity index (χ0n) is 11.4. The number of anilines is 2. The van der Waals surface area contributed by atoms with E-state index in [1.807, 2.05) is 0 Å². The van der Waals surface area contributed by atoms with Crippen LogP contribution < -0.4 is 5.32 Å². The molecule has 24 heavy (non-hydrogen) atoms. The van der Waals surface area contributed by atoms with E-state index in [4.69, 9.17) is 0 Å². The third kappa shape index (κ3) is 3.37. The van der Waals surface area contributed by atoms with Crippen molar-refractivity contribution in [1.29, 1.82) is 0 Å². The topological polar surface area (TPSA) is 141 Å². The van der Waals surface area contributed by atoms with Crippen molar-refractivity contribution in [1.82, 2.24) is 0 Å². The number of benzene rings is 2. The molecule has 0 saturated carbocycles. The number of nitro benzene ring substituents is 3.